The molecule has 0 amide bonds. The summed E-state index contributed by atoms with van der Waals surface area (Å²) in [5, 5.41) is 0.619. The maximum Gasteiger partial charge on any atom is 0.169 e. The summed E-state index contributed by atoms with van der Waals surface area (Å²) in [6, 6.07) is 12.3. The number of carbonyl (C=O) groups is 1. The van der Waals surface area contributed by atoms with Gasteiger partial charge in [0.15, 0.2) is 5.78 Å². The molecule has 3 nitrogen and oxygen atoms in total. The highest BCUT2D eigenvalue weighted by molar-refractivity contribution is 6.30. The summed E-state index contributed by atoms with van der Waals surface area (Å²) >= 11 is 5.89. The Hall–Kier alpha value is -2.00. The van der Waals surface area contributed by atoms with Crippen LogP contribution < -0.4 is 10.5 Å². The van der Waals surface area contributed by atoms with Crippen LogP contribution in [0.25, 0.3) is 0 Å². The fourth-order valence-corrected chi connectivity index (χ4v) is 2.06. The minimum absolute atomic E-state index is 0.0394. The second-order valence-electron chi connectivity index (χ2n) is 4.18. The van der Waals surface area contributed by atoms with Crippen molar-refractivity contribution >= 4 is 23.1 Å². The van der Waals surface area contributed by atoms with Crippen molar-refractivity contribution in [1.29, 1.82) is 0 Å². The van der Waals surface area contributed by atoms with E-state index in [1.54, 1.807) is 37.4 Å². The summed E-state index contributed by atoms with van der Waals surface area (Å²) in [5.74, 6) is 0.597. The van der Waals surface area contributed by atoms with Gasteiger partial charge in [-0.15, -0.1) is 0 Å². The molecule has 0 unspecified atom stereocenters. The van der Waals surface area contributed by atoms with E-state index in [1.807, 2.05) is 12.1 Å². The van der Waals surface area contributed by atoms with Crippen LogP contribution in [0, 0.1) is 0 Å². The molecule has 2 N–H and O–H groups in total. The number of anilines is 1. The van der Waals surface area contributed by atoms with Gasteiger partial charge in [-0.1, -0.05) is 23.7 Å². The van der Waals surface area contributed by atoms with Crippen LogP contribution in [0.2, 0.25) is 5.02 Å². The van der Waals surface area contributed by atoms with Crippen molar-refractivity contribution in [2.75, 3.05) is 12.8 Å². The number of hydrogen-bond donors (Lipinski definition) is 1. The van der Waals surface area contributed by atoms with Gasteiger partial charge in [0.25, 0.3) is 0 Å². The monoisotopic (exact) mass is 275 g/mol. The van der Waals surface area contributed by atoms with Gasteiger partial charge in [0.05, 0.1) is 7.11 Å². The first-order chi connectivity index (χ1) is 9.10. The van der Waals surface area contributed by atoms with Crippen molar-refractivity contribution in [1.82, 2.24) is 0 Å². The minimum atomic E-state index is -0.0394. The Morgan fingerprint density at radius 2 is 2.05 bits per heavy atom. The molecule has 0 aliphatic carbocycles. The Labute approximate surface area is 117 Å². The standard InChI is InChI=1S/C15H14ClNO2/c1-19-12-5-6-13(14(17)9-12)15(18)8-10-3-2-4-11(16)7-10/h2-7,9H,8,17H2,1H3. The number of benzene rings is 2. The summed E-state index contributed by atoms with van der Waals surface area (Å²) in [5.41, 5.74) is 7.65. The molecule has 0 heterocycles. The number of nitrogens with two attached hydrogens (primary N) is 1. The lowest BCUT2D eigenvalue weighted by Gasteiger charge is -2.07. The molecule has 0 fully saturated rings. The molecule has 19 heavy (non-hydrogen) atoms. The lowest BCUT2D eigenvalue weighted by atomic mass is 10.0. The predicted molar refractivity (Wildman–Crippen MR) is 76.9 cm³/mol. The Bertz CT molecular complexity index is 611. The number of hydrogen-bond acceptors (Lipinski definition) is 3. The highest BCUT2D eigenvalue weighted by atomic mass is 35.5. The number of rotatable bonds is 4. The van der Waals surface area contributed by atoms with E-state index in [0.29, 0.717) is 22.0 Å². The molecule has 2 rings (SSSR count). The Morgan fingerprint density at radius 3 is 2.68 bits per heavy atom. The fraction of sp³-hybridized carbons (Fsp3) is 0.133. The molecule has 0 radical (unpaired) electrons. The zero-order valence-corrected chi connectivity index (χ0v) is 11.3. The van der Waals surface area contributed by atoms with E-state index in [4.69, 9.17) is 22.1 Å². The van der Waals surface area contributed by atoms with E-state index in [9.17, 15) is 4.79 Å². The maximum absolute atomic E-state index is 12.2. The van der Waals surface area contributed by atoms with Gasteiger partial charge in [-0.05, 0) is 29.8 Å². The molecule has 0 saturated carbocycles. The first kappa shape index (κ1) is 13.4. The van der Waals surface area contributed by atoms with Crippen LogP contribution in [0.4, 0.5) is 5.69 Å². The molecular formula is C15H14ClNO2. The molecule has 2 aromatic rings. The van der Waals surface area contributed by atoms with E-state index in [-0.39, 0.29) is 12.2 Å². The number of methoxy groups -OCH3 is 1. The number of halogens is 1. The van der Waals surface area contributed by atoms with Crippen LogP contribution in [0.5, 0.6) is 5.75 Å². The zero-order chi connectivity index (χ0) is 13.8. The van der Waals surface area contributed by atoms with Gasteiger partial charge in [-0.3, -0.25) is 4.79 Å². The van der Waals surface area contributed by atoms with Crippen molar-refractivity contribution in [3.63, 3.8) is 0 Å². The second-order valence-corrected chi connectivity index (χ2v) is 4.62. The zero-order valence-electron chi connectivity index (χ0n) is 10.5. The van der Waals surface area contributed by atoms with Crippen molar-refractivity contribution in [2.45, 2.75) is 6.42 Å². The Morgan fingerprint density at radius 1 is 1.26 bits per heavy atom. The van der Waals surface area contributed by atoms with Crippen LogP contribution in [0.3, 0.4) is 0 Å². The molecule has 0 bridgehead atoms. The average Bonchev–Trinajstić information content (AvgIpc) is 2.38. The molecule has 0 saturated heterocycles. The van der Waals surface area contributed by atoms with Crippen molar-refractivity contribution in [3.8, 4) is 5.75 Å². The fourth-order valence-electron chi connectivity index (χ4n) is 1.85. The third kappa shape index (κ3) is 3.26. The van der Waals surface area contributed by atoms with E-state index in [0.717, 1.165) is 5.56 Å². The van der Waals surface area contributed by atoms with Gasteiger partial charge >= 0.3 is 0 Å². The van der Waals surface area contributed by atoms with Gasteiger partial charge in [-0.2, -0.15) is 0 Å². The highest BCUT2D eigenvalue weighted by Gasteiger charge is 2.11. The van der Waals surface area contributed by atoms with E-state index in [2.05, 4.69) is 0 Å². The lowest BCUT2D eigenvalue weighted by Crippen LogP contribution is -2.07. The van der Waals surface area contributed by atoms with E-state index >= 15 is 0 Å². The van der Waals surface area contributed by atoms with Gasteiger partial charge in [0.1, 0.15) is 5.75 Å². The number of Topliss-reactive ketones (excluding diaryl/α,β-unsaturated/α-hetero) is 1. The highest BCUT2D eigenvalue weighted by Crippen LogP contribution is 2.21. The van der Waals surface area contributed by atoms with Crippen LogP contribution in [0.15, 0.2) is 42.5 Å². The van der Waals surface area contributed by atoms with Crippen LogP contribution in [-0.2, 0) is 6.42 Å². The normalized spacial score (nSPS) is 10.2. The van der Waals surface area contributed by atoms with Crippen molar-refractivity contribution in [3.05, 3.63) is 58.6 Å². The molecule has 0 aliphatic rings. The molecule has 0 aromatic heterocycles. The lowest BCUT2D eigenvalue weighted by molar-refractivity contribution is 0.0994. The van der Waals surface area contributed by atoms with Crippen LogP contribution in [-0.4, -0.2) is 12.9 Å². The van der Waals surface area contributed by atoms with Gasteiger partial charge in [0.2, 0.25) is 0 Å². The molecule has 0 atom stereocenters. The summed E-state index contributed by atoms with van der Waals surface area (Å²) in [6.07, 6.45) is 0.275. The largest absolute Gasteiger partial charge is 0.497 e. The first-order valence-corrected chi connectivity index (χ1v) is 6.19. The third-order valence-corrected chi connectivity index (χ3v) is 3.05. The molecule has 98 valence electrons. The topological polar surface area (TPSA) is 52.3 Å². The number of ketones is 1. The quantitative estimate of drug-likeness (QED) is 0.688. The van der Waals surface area contributed by atoms with Crippen molar-refractivity contribution in [2.24, 2.45) is 0 Å². The summed E-state index contributed by atoms with van der Waals surface area (Å²) in [4.78, 5) is 12.2. The molecular weight excluding hydrogens is 262 g/mol. The Balaban J connectivity index is 2.20. The SMILES string of the molecule is COc1ccc(C(=O)Cc2cccc(Cl)c2)c(N)c1. The third-order valence-electron chi connectivity index (χ3n) is 2.81. The van der Waals surface area contributed by atoms with Gasteiger partial charge in [-0.25, -0.2) is 0 Å². The van der Waals surface area contributed by atoms with Crippen LogP contribution >= 0.6 is 11.6 Å². The number of carbonyl (C=O) groups excluding carboxylic acids is 1. The van der Waals surface area contributed by atoms with Crippen molar-refractivity contribution < 1.29 is 9.53 Å². The molecule has 0 spiro atoms. The minimum Gasteiger partial charge on any atom is -0.497 e. The second kappa shape index (κ2) is 5.76. The van der Waals surface area contributed by atoms with Gasteiger partial charge < -0.3 is 10.5 Å². The van der Waals surface area contributed by atoms with Crippen LogP contribution in [0.1, 0.15) is 15.9 Å². The number of ether oxygens (including phenoxy) is 1. The van der Waals surface area contributed by atoms with E-state index in [1.165, 1.54) is 0 Å². The smallest absolute Gasteiger partial charge is 0.169 e. The summed E-state index contributed by atoms with van der Waals surface area (Å²) in [7, 11) is 1.56. The summed E-state index contributed by atoms with van der Waals surface area (Å²) in [6.45, 7) is 0. The summed E-state index contributed by atoms with van der Waals surface area (Å²) < 4.78 is 5.06. The maximum atomic E-state index is 12.2. The number of nitrogen functional groups attached to an aromatic ring is 1. The first-order valence-electron chi connectivity index (χ1n) is 5.81. The van der Waals surface area contributed by atoms with E-state index < -0.39 is 0 Å². The average molecular weight is 276 g/mol. The Kier molecular flexibility index (Phi) is 4.07. The molecule has 4 heteroatoms. The van der Waals surface area contributed by atoms with Gasteiger partial charge in [0, 0.05) is 28.8 Å². The molecule has 2 aromatic carbocycles. The molecule has 0 aliphatic heterocycles. The predicted octanol–water partition coefficient (Wildman–Crippen LogP) is 3.36.